The average molecular weight is 359 g/mol. The van der Waals surface area contributed by atoms with Crippen molar-refractivity contribution in [3.05, 3.63) is 79.0 Å². The van der Waals surface area contributed by atoms with E-state index in [9.17, 15) is 0 Å². The molecule has 0 aliphatic carbocycles. The molecule has 4 heterocycles. The van der Waals surface area contributed by atoms with E-state index in [1.54, 1.807) is 0 Å². The SMILES string of the molecule is c1ccc2c(c1)nc1c3cc4c(cc3c3cccnc3n21)oc1ccccc14. The van der Waals surface area contributed by atoms with E-state index in [2.05, 4.69) is 40.8 Å². The smallest absolute Gasteiger partial charge is 0.147 e. The van der Waals surface area contributed by atoms with E-state index in [4.69, 9.17) is 14.4 Å². The summed E-state index contributed by atoms with van der Waals surface area (Å²) in [6.07, 6.45) is 1.84. The number of imidazole rings is 1. The van der Waals surface area contributed by atoms with Crippen molar-refractivity contribution in [2.45, 2.75) is 0 Å². The molecule has 7 rings (SSSR count). The maximum absolute atomic E-state index is 6.13. The highest BCUT2D eigenvalue weighted by Crippen LogP contribution is 2.37. The lowest BCUT2D eigenvalue weighted by molar-refractivity contribution is 0.669. The normalized spacial score (nSPS) is 12.3. The number of aromatic nitrogens is 3. The molecule has 4 heteroatoms. The van der Waals surface area contributed by atoms with Gasteiger partial charge in [0.2, 0.25) is 0 Å². The van der Waals surface area contributed by atoms with Crippen molar-refractivity contribution in [3.8, 4) is 0 Å². The molecule has 7 aromatic rings. The van der Waals surface area contributed by atoms with Crippen LogP contribution in [0.5, 0.6) is 0 Å². The van der Waals surface area contributed by atoms with Crippen LogP contribution in [0, 0.1) is 0 Å². The number of para-hydroxylation sites is 3. The van der Waals surface area contributed by atoms with Gasteiger partial charge in [-0.1, -0.05) is 30.3 Å². The van der Waals surface area contributed by atoms with E-state index in [0.29, 0.717) is 0 Å². The minimum Gasteiger partial charge on any atom is -0.456 e. The van der Waals surface area contributed by atoms with E-state index in [-0.39, 0.29) is 0 Å². The van der Waals surface area contributed by atoms with Crippen LogP contribution >= 0.6 is 0 Å². The lowest BCUT2D eigenvalue weighted by Gasteiger charge is -2.08. The minimum absolute atomic E-state index is 0.888. The number of rotatable bonds is 0. The number of benzene rings is 3. The standard InChI is InChI=1S/C24H13N3O/c1-4-10-21-14(6-1)17-12-18-16(13-22(17)28-21)15-7-5-11-25-23(15)27-20-9-3-2-8-19(20)26-24(18)27/h1-13H. The van der Waals surface area contributed by atoms with Crippen LogP contribution in [0.25, 0.3) is 60.4 Å². The Morgan fingerprint density at radius 1 is 0.643 bits per heavy atom. The Labute approximate surface area is 158 Å². The number of furan rings is 1. The zero-order valence-electron chi connectivity index (χ0n) is 14.8. The molecule has 0 bridgehead atoms. The average Bonchev–Trinajstić information content (AvgIpc) is 3.31. The van der Waals surface area contributed by atoms with Gasteiger partial charge in [0.1, 0.15) is 22.5 Å². The van der Waals surface area contributed by atoms with E-state index in [1.165, 1.54) is 0 Å². The summed E-state index contributed by atoms with van der Waals surface area (Å²) in [6.45, 7) is 0. The summed E-state index contributed by atoms with van der Waals surface area (Å²) in [6, 6.07) is 24.8. The van der Waals surface area contributed by atoms with Gasteiger partial charge in [0.25, 0.3) is 0 Å². The third kappa shape index (κ3) is 1.65. The third-order valence-corrected chi connectivity index (χ3v) is 5.61. The number of fused-ring (bicyclic) bond motifs is 11. The van der Waals surface area contributed by atoms with Crippen molar-refractivity contribution < 1.29 is 4.42 Å². The summed E-state index contributed by atoms with van der Waals surface area (Å²) in [7, 11) is 0. The predicted octanol–water partition coefficient (Wildman–Crippen LogP) is 6.09. The van der Waals surface area contributed by atoms with E-state index < -0.39 is 0 Å². The molecule has 130 valence electrons. The van der Waals surface area contributed by atoms with Crippen LogP contribution in [0.1, 0.15) is 0 Å². The van der Waals surface area contributed by atoms with Crippen molar-refractivity contribution in [3.63, 3.8) is 0 Å². The molecular formula is C24H13N3O. The van der Waals surface area contributed by atoms with Crippen LogP contribution in [0.3, 0.4) is 0 Å². The van der Waals surface area contributed by atoms with Crippen LogP contribution in [-0.4, -0.2) is 14.4 Å². The van der Waals surface area contributed by atoms with Gasteiger partial charge in [-0.2, -0.15) is 0 Å². The molecule has 3 aromatic carbocycles. The molecule has 0 saturated carbocycles. The zero-order valence-corrected chi connectivity index (χ0v) is 14.8. The zero-order chi connectivity index (χ0) is 18.2. The second-order valence-electron chi connectivity index (χ2n) is 7.13. The Kier molecular flexibility index (Phi) is 2.46. The van der Waals surface area contributed by atoms with Gasteiger partial charge < -0.3 is 4.42 Å². The molecule has 0 amide bonds. The summed E-state index contributed by atoms with van der Waals surface area (Å²) in [5.41, 5.74) is 5.67. The van der Waals surface area contributed by atoms with Gasteiger partial charge in [-0.25, -0.2) is 9.97 Å². The third-order valence-electron chi connectivity index (χ3n) is 5.61. The Morgan fingerprint density at radius 3 is 2.50 bits per heavy atom. The molecule has 0 spiro atoms. The van der Waals surface area contributed by atoms with Gasteiger partial charge in [0, 0.05) is 33.1 Å². The molecule has 28 heavy (non-hydrogen) atoms. The van der Waals surface area contributed by atoms with Gasteiger partial charge >= 0.3 is 0 Å². The molecule has 0 saturated heterocycles. The molecule has 0 fully saturated rings. The fourth-order valence-corrected chi connectivity index (χ4v) is 4.39. The summed E-state index contributed by atoms with van der Waals surface area (Å²) in [4.78, 5) is 9.65. The maximum Gasteiger partial charge on any atom is 0.147 e. The summed E-state index contributed by atoms with van der Waals surface area (Å²) < 4.78 is 8.30. The molecule has 0 N–H and O–H groups in total. The summed E-state index contributed by atoms with van der Waals surface area (Å²) in [5.74, 6) is 0. The Balaban J connectivity index is 1.84. The highest BCUT2D eigenvalue weighted by Gasteiger charge is 2.16. The molecule has 0 aliphatic rings. The summed E-state index contributed by atoms with van der Waals surface area (Å²) in [5, 5.41) is 5.55. The maximum atomic E-state index is 6.13. The largest absolute Gasteiger partial charge is 0.456 e. The number of pyridine rings is 2. The van der Waals surface area contributed by atoms with Crippen LogP contribution < -0.4 is 0 Å². The van der Waals surface area contributed by atoms with Crippen molar-refractivity contribution in [2.75, 3.05) is 0 Å². The number of hydrogen-bond acceptors (Lipinski definition) is 3. The van der Waals surface area contributed by atoms with Crippen molar-refractivity contribution in [1.29, 1.82) is 0 Å². The first kappa shape index (κ1) is 14.2. The van der Waals surface area contributed by atoms with Crippen LogP contribution in [0.2, 0.25) is 0 Å². The Bertz CT molecular complexity index is 1720. The Hall–Kier alpha value is -3.92. The van der Waals surface area contributed by atoms with Crippen molar-refractivity contribution in [2.24, 2.45) is 0 Å². The minimum atomic E-state index is 0.888. The van der Waals surface area contributed by atoms with E-state index in [1.807, 2.05) is 42.6 Å². The first-order chi connectivity index (χ1) is 13.9. The fourth-order valence-electron chi connectivity index (χ4n) is 4.39. The molecule has 0 unspecified atom stereocenters. The quantitative estimate of drug-likeness (QED) is 0.308. The van der Waals surface area contributed by atoms with Crippen LogP contribution in [0.4, 0.5) is 0 Å². The molecular weight excluding hydrogens is 346 g/mol. The topological polar surface area (TPSA) is 43.3 Å². The highest BCUT2D eigenvalue weighted by molar-refractivity contribution is 6.19. The predicted molar refractivity (Wildman–Crippen MR) is 113 cm³/mol. The molecule has 0 radical (unpaired) electrons. The molecule has 4 nitrogen and oxygen atoms in total. The second-order valence-corrected chi connectivity index (χ2v) is 7.13. The summed E-state index contributed by atoms with van der Waals surface area (Å²) >= 11 is 0. The van der Waals surface area contributed by atoms with Gasteiger partial charge in [-0.05, 0) is 42.5 Å². The second kappa shape index (κ2) is 4.87. The first-order valence-electron chi connectivity index (χ1n) is 9.27. The monoisotopic (exact) mass is 359 g/mol. The lowest BCUT2D eigenvalue weighted by Crippen LogP contribution is -1.93. The van der Waals surface area contributed by atoms with Crippen molar-refractivity contribution >= 4 is 60.4 Å². The lowest BCUT2D eigenvalue weighted by atomic mass is 10.0. The van der Waals surface area contributed by atoms with E-state index >= 15 is 0 Å². The molecule has 0 aliphatic heterocycles. The number of hydrogen-bond donors (Lipinski definition) is 0. The van der Waals surface area contributed by atoms with E-state index in [0.717, 1.165) is 60.4 Å². The van der Waals surface area contributed by atoms with Crippen molar-refractivity contribution in [1.82, 2.24) is 14.4 Å². The molecule has 0 atom stereocenters. The van der Waals surface area contributed by atoms with Gasteiger partial charge in [0.15, 0.2) is 0 Å². The number of nitrogens with zero attached hydrogens (tertiary/aromatic N) is 3. The van der Waals surface area contributed by atoms with Gasteiger partial charge in [-0.3, -0.25) is 4.40 Å². The first-order valence-corrected chi connectivity index (χ1v) is 9.27. The van der Waals surface area contributed by atoms with Crippen LogP contribution in [0.15, 0.2) is 83.4 Å². The molecule has 4 aromatic heterocycles. The van der Waals surface area contributed by atoms with Gasteiger partial charge in [-0.15, -0.1) is 0 Å². The highest BCUT2D eigenvalue weighted by atomic mass is 16.3. The fraction of sp³-hybridized carbons (Fsp3) is 0. The van der Waals surface area contributed by atoms with Gasteiger partial charge in [0.05, 0.1) is 11.0 Å². The van der Waals surface area contributed by atoms with Crippen LogP contribution in [-0.2, 0) is 0 Å². The Morgan fingerprint density at radius 2 is 1.50 bits per heavy atom.